The monoisotopic (exact) mass is 504 g/mol. The van der Waals surface area contributed by atoms with Crippen LogP contribution < -0.4 is 10.5 Å². The van der Waals surface area contributed by atoms with Gasteiger partial charge in [-0.2, -0.15) is 5.26 Å². The highest BCUT2D eigenvalue weighted by molar-refractivity contribution is 6.01. The van der Waals surface area contributed by atoms with E-state index in [0.29, 0.717) is 24.8 Å². The van der Waals surface area contributed by atoms with E-state index >= 15 is 0 Å². The lowest BCUT2D eigenvalue weighted by molar-refractivity contribution is -0.127. The molecule has 1 aliphatic carbocycles. The van der Waals surface area contributed by atoms with Crippen LogP contribution in [0.3, 0.4) is 0 Å². The number of aromatic nitrogens is 3. The molecule has 1 amide bonds. The number of nitrogens with zero attached hydrogens (tertiary/aromatic N) is 5. The number of para-hydroxylation sites is 1. The number of nitrogens with two attached hydrogens (primary N) is 1. The molecule has 190 valence electrons. The maximum atomic E-state index is 13.2. The molecule has 4 aromatic rings. The lowest BCUT2D eigenvalue weighted by Crippen LogP contribution is -2.38. The molecular formula is C30H28N6O2. The van der Waals surface area contributed by atoms with Crippen LogP contribution >= 0.6 is 0 Å². The molecule has 2 N–H and O–H groups in total. The maximum Gasteiger partial charge on any atom is 0.264 e. The quantitative estimate of drug-likeness (QED) is 0.269. The molecule has 8 nitrogen and oxygen atoms in total. The highest BCUT2D eigenvalue weighted by Gasteiger charge is 2.33. The Morgan fingerprint density at radius 3 is 2.58 bits per heavy atom. The van der Waals surface area contributed by atoms with E-state index in [4.69, 9.17) is 10.5 Å². The third-order valence-corrected chi connectivity index (χ3v) is 7.25. The van der Waals surface area contributed by atoms with Crippen LogP contribution in [0.5, 0.6) is 11.5 Å². The van der Waals surface area contributed by atoms with Crippen molar-refractivity contribution in [3.8, 4) is 28.7 Å². The summed E-state index contributed by atoms with van der Waals surface area (Å²) in [5, 5.41) is 10.4. The number of nitriles is 1. The second-order valence-electron chi connectivity index (χ2n) is 9.92. The fourth-order valence-corrected chi connectivity index (χ4v) is 5.16. The fourth-order valence-electron chi connectivity index (χ4n) is 5.16. The van der Waals surface area contributed by atoms with E-state index in [2.05, 4.69) is 20.6 Å². The van der Waals surface area contributed by atoms with E-state index in [1.54, 1.807) is 0 Å². The first kappa shape index (κ1) is 23.7. The number of hydrogen-bond donors (Lipinski definition) is 1. The number of carbonyl (C=O) groups excluding carboxylic acids is 1. The first-order valence-electron chi connectivity index (χ1n) is 13.0. The number of allylic oxidation sites excluding steroid dienone is 1. The normalized spacial score (nSPS) is 17.5. The van der Waals surface area contributed by atoms with Gasteiger partial charge in [0.2, 0.25) is 0 Å². The Labute approximate surface area is 221 Å². The van der Waals surface area contributed by atoms with Crippen LogP contribution in [0, 0.1) is 17.2 Å². The average molecular weight is 505 g/mol. The minimum atomic E-state index is -0.165. The van der Waals surface area contributed by atoms with Gasteiger partial charge in [-0.25, -0.2) is 9.97 Å². The van der Waals surface area contributed by atoms with Crippen LogP contribution in [0.4, 0.5) is 5.82 Å². The summed E-state index contributed by atoms with van der Waals surface area (Å²) in [6.45, 7) is 1.22. The molecule has 1 aliphatic heterocycles. The van der Waals surface area contributed by atoms with Crippen molar-refractivity contribution in [2.45, 2.75) is 38.3 Å². The smallest absolute Gasteiger partial charge is 0.264 e. The van der Waals surface area contributed by atoms with Crippen LogP contribution in [0.2, 0.25) is 0 Å². The number of carbonyl (C=O) groups is 1. The molecule has 0 radical (unpaired) electrons. The molecule has 6 rings (SSSR count). The number of hydrogen-bond acceptors (Lipinski definition) is 6. The predicted molar refractivity (Wildman–Crippen MR) is 145 cm³/mol. The summed E-state index contributed by atoms with van der Waals surface area (Å²) in [5.41, 5.74) is 9.22. The number of likely N-dealkylation sites (tertiary alicyclic amines) is 1. The lowest BCUT2D eigenvalue weighted by Gasteiger charge is -2.25. The van der Waals surface area contributed by atoms with Gasteiger partial charge in [0.25, 0.3) is 5.91 Å². The van der Waals surface area contributed by atoms with Crippen molar-refractivity contribution in [1.82, 2.24) is 19.4 Å². The van der Waals surface area contributed by atoms with Gasteiger partial charge in [0, 0.05) is 24.8 Å². The van der Waals surface area contributed by atoms with Gasteiger partial charge in [0.1, 0.15) is 40.9 Å². The van der Waals surface area contributed by atoms with Crippen molar-refractivity contribution in [2.24, 2.45) is 5.92 Å². The molecular weight excluding hydrogens is 476 g/mol. The summed E-state index contributed by atoms with van der Waals surface area (Å²) in [6.07, 6.45) is 9.24. The van der Waals surface area contributed by atoms with Crippen LogP contribution in [0.25, 0.3) is 22.2 Å². The Kier molecular flexibility index (Phi) is 6.26. The SMILES string of the molecule is N#CC(=CC1CC1)C(=O)N1CCCC1Cn1cc(-c2ccc(Oc3ccccc3)cc2)c2c(N)ncnc21. The molecule has 2 aromatic heterocycles. The molecule has 0 bridgehead atoms. The number of anilines is 1. The van der Waals surface area contributed by atoms with E-state index in [9.17, 15) is 10.1 Å². The summed E-state index contributed by atoms with van der Waals surface area (Å²) in [4.78, 5) is 23.9. The van der Waals surface area contributed by atoms with Crippen LogP contribution in [0.15, 0.2) is 78.8 Å². The van der Waals surface area contributed by atoms with Crippen LogP contribution in [0.1, 0.15) is 25.7 Å². The predicted octanol–water partition coefficient (Wildman–Crippen LogP) is 5.32. The van der Waals surface area contributed by atoms with E-state index in [1.165, 1.54) is 6.33 Å². The first-order chi connectivity index (χ1) is 18.6. The van der Waals surface area contributed by atoms with Gasteiger partial charge in [-0.1, -0.05) is 36.4 Å². The summed E-state index contributed by atoms with van der Waals surface area (Å²) < 4.78 is 8.00. The Bertz CT molecular complexity index is 1550. The Hall–Kier alpha value is -4.64. The van der Waals surface area contributed by atoms with E-state index < -0.39 is 0 Å². The second-order valence-corrected chi connectivity index (χ2v) is 9.92. The standard InChI is InChI=1S/C30H28N6O2/c31-16-22(15-20-8-9-20)30(37)36-14-4-5-23(36)17-35-18-26(27-28(32)33-19-34-29(27)35)21-10-12-25(13-11-21)38-24-6-2-1-3-7-24/h1-3,6-7,10-13,15,18-20,23H,4-5,8-9,14,17H2,(H2,32,33,34). The van der Waals surface area contributed by atoms with Gasteiger partial charge in [-0.3, -0.25) is 4.79 Å². The second kappa shape index (κ2) is 10.0. The van der Waals surface area contributed by atoms with Crippen molar-refractivity contribution in [1.29, 1.82) is 5.26 Å². The summed E-state index contributed by atoms with van der Waals surface area (Å²) in [7, 11) is 0. The minimum Gasteiger partial charge on any atom is -0.457 e. The van der Waals surface area contributed by atoms with E-state index in [0.717, 1.165) is 59.3 Å². The summed E-state index contributed by atoms with van der Waals surface area (Å²) in [5.74, 6) is 2.13. The highest BCUT2D eigenvalue weighted by atomic mass is 16.5. The number of rotatable bonds is 7. The minimum absolute atomic E-state index is 0.0280. The highest BCUT2D eigenvalue weighted by Crippen LogP contribution is 2.35. The molecule has 1 atom stereocenters. The average Bonchev–Trinajstić information content (AvgIpc) is 3.52. The van der Waals surface area contributed by atoms with Gasteiger partial charge in [0.15, 0.2) is 0 Å². The number of fused-ring (bicyclic) bond motifs is 1. The number of amides is 1. The Balaban J connectivity index is 1.29. The molecule has 2 aromatic carbocycles. The molecule has 8 heteroatoms. The van der Waals surface area contributed by atoms with Gasteiger partial charge < -0.3 is 19.9 Å². The van der Waals surface area contributed by atoms with Crippen molar-refractivity contribution in [3.63, 3.8) is 0 Å². The molecule has 3 heterocycles. The van der Waals surface area contributed by atoms with Crippen LogP contribution in [-0.4, -0.2) is 37.9 Å². The topological polar surface area (TPSA) is 110 Å². The number of nitrogen functional groups attached to an aromatic ring is 1. The zero-order chi connectivity index (χ0) is 26.1. The molecule has 2 fully saturated rings. The van der Waals surface area contributed by atoms with Crippen molar-refractivity contribution in [3.05, 3.63) is 78.8 Å². The largest absolute Gasteiger partial charge is 0.457 e. The van der Waals surface area contributed by atoms with Gasteiger partial charge >= 0.3 is 0 Å². The first-order valence-corrected chi connectivity index (χ1v) is 13.0. The molecule has 1 unspecified atom stereocenters. The summed E-state index contributed by atoms with van der Waals surface area (Å²) >= 11 is 0. The van der Waals surface area contributed by atoms with E-state index in [1.807, 2.05) is 71.8 Å². The van der Waals surface area contributed by atoms with Crippen molar-refractivity contribution >= 4 is 22.8 Å². The Morgan fingerprint density at radius 2 is 1.84 bits per heavy atom. The zero-order valence-electron chi connectivity index (χ0n) is 21.0. The third-order valence-electron chi connectivity index (χ3n) is 7.25. The fraction of sp³-hybridized carbons (Fsp3) is 0.267. The van der Waals surface area contributed by atoms with Gasteiger partial charge in [-0.15, -0.1) is 0 Å². The van der Waals surface area contributed by atoms with Gasteiger partial charge in [-0.05, 0) is 61.4 Å². The summed E-state index contributed by atoms with van der Waals surface area (Å²) in [6, 6.07) is 19.6. The van der Waals surface area contributed by atoms with Gasteiger partial charge in [0.05, 0.1) is 11.4 Å². The van der Waals surface area contributed by atoms with Crippen molar-refractivity contribution < 1.29 is 9.53 Å². The molecule has 38 heavy (non-hydrogen) atoms. The maximum absolute atomic E-state index is 13.2. The molecule has 1 saturated heterocycles. The lowest BCUT2D eigenvalue weighted by atomic mass is 10.1. The molecule has 2 aliphatic rings. The van der Waals surface area contributed by atoms with E-state index in [-0.39, 0.29) is 17.5 Å². The third kappa shape index (κ3) is 4.71. The van der Waals surface area contributed by atoms with Crippen molar-refractivity contribution in [2.75, 3.05) is 12.3 Å². The molecule has 1 saturated carbocycles. The van der Waals surface area contributed by atoms with Crippen LogP contribution in [-0.2, 0) is 11.3 Å². The number of ether oxygens (including phenoxy) is 1. The Morgan fingerprint density at radius 1 is 1.08 bits per heavy atom. The zero-order valence-corrected chi connectivity index (χ0v) is 21.0. The molecule has 0 spiro atoms. The number of benzene rings is 2.